The van der Waals surface area contributed by atoms with Crippen LogP contribution in [0.1, 0.15) is 6.92 Å². The highest BCUT2D eigenvalue weighted by molar-refractivity contribution is 6.08. The molecule has 0 spiro atoms. The lowest BCUT2D eigenvalue weighted by molar-refractivity contribution is -0.116. The SMILES string of the molecule is COc1ccccc1NC(=O)/C(C#N)=C\N(C(C)=O)c1cccc(N)c1. The number of hydrogen-bond acceptors (Lipinski definition) is 5. The largest absolute Gasteiger partial charge is 0.495 e. The van der Waals surface area contributed by atoms with Gasteiger partial charge in [0, 0.05) is 18.8 Å². The zero-order chi connectivity index (χ0) is 19.1. The van der Waals surface area contributed by atoms with Gasteiger partial charge in [-0.15, -0.1) is 0 Å². The molecule has 7 nitrogen and oxygen atoms in total. The van der Waals surface area contributed by atoms with Crippen molar-refractivity contribution in [3.63, 3.8) is 0 Å². The lowest BCUT2D eigenvalue weighted by Gasteiger charge is -2.17. The summed E-state index contributed by atoms with van der Waals surface area (Å²) in [6.07, 6.45) is 1.18. The molecule has 7 heteroatoms. The highest BCUT2D eigenvalue weighted by Crippen LogP contribution is 2.24. The number of ether oxygens (including phenoxy) is 1. The molecule has 0 atom stereocenters. The Bertz CT molecular complexity index is 900. The average Bonchev–Trinajstić information content (AvgIpc) is 2.62. The van der Waals surface area contributed by atoms with Gasteiger partial charge in [0.05, 0.1) is 18.5 Å². The number of methoxy groups -OCH3 is 1. The molecule has 132 valence electrons. The van der Waals surface area contributed by atoms with Gasteiger partial charge in [-0.05, 0) is 30.3 Å². The van der Waals surface area contributed by atoms with Crippen LogP contribution in [0, 0.1) is 11.3 Å². The molecule has 3 N–H and O–H groups in total. The molecule has 2 aromatic carbocycles. The first kappa shape index (κ1) is 18.5. The molecule has 0 aliphatic heterocycles. The summed E-state index contributed by atoms with van der Waals surface area (Å²) in [5, 5.41) is 12.0. The minimum absolute atomic E-state index is 0.242. The quantitative estimate of drug-likeness (QED) is 0.489. The fourth-order valence-electron chi connectivity index (χ4n) is 2.23. The lowest BCUT2D eigenvalue weighted by Crippen LogP contribution is -2.25. The second-order valence-corrected chi connectivity index (χ2v) is 5.29. The fourth-order valence-corrected chi connectivity index (χ4v) is 2.23. The maximum Gasteiger partial charge on any atom is 0.267 e. The van der Waals surface area contributed by atoms with Gasteiger partial charge in [0.2, 0.25) is 5.91 Å². The minimum atomic E-state index is -0.660. The average molecular weight is 350 g/mol. The van der Waals surface area contributed by atoms with Crippen LogP contribution in [0.3, 0.4) is 0 Å². The Labute approximate surface area is 151 Å². The van der Waals surface area contributed by atoms with Crippen LogP contribution in [0.5, 0.6) is 5.75 Å². The molecule has 0 bridgehead atoms. The standard InChI is InChI=1S/C19H18N4O3/c1-13(24)23(16-7-5-6-15(21)10-16)12-14(11-20)19(25)22-17-8-3-4-9-18(17)26-2/h3-10,12H,21H2,1-2H3,(H,22,25)/b14-12-. The van der Waals surface area contributed by atoms with Gasteiger partial charge in [-0.2, -0.15) is 5.26 Å². The van der Waals surface area contributed by atoms with Crippen LogP contribution in [0.25, 0.3) is 0 Å². The van der Waals surface area contributed by atoms with E-state index in [0.29, 0.717) is 22.8 Å². The van der Waals surface area contributed by atoms with E-state index >= 15 is 0 Å². The summed E-state index contributed by atoms with van der Waals surface area (Å²) in [5.41, 5.74) is 6.82. The van der Waals surface area contributed by atoms with E-state index < -0.39 is 5.91 Å². The van der Waals surface area contributed by atoms with Crippen molar-refractivity contribution in [1.29, 1.82) is 5.26 Å². The van der Waals surface area contributed by atoms with E-state index in [1.54, 1.807) is 48.5 Å². The number of amides is 2. The predicted octanol–water partition coefficient (Wildman–Crippen LogP) is 2.68. The Balaban J connectivity index is 2.33. The number of anilines is 3. The maximum absolute atomic E-state index is 12.4. The minimum Gasteiger partial charge on any atom is -0.495 e. The molecule has 0 radical (unpaired) electrons. The number of rotatable bonds is 5. The normalized spacial score (nSPS) is 10.6. The number of nitrogens with zero attached hydrogens (tertiary/aromatic N) is 2. The van der Waals surface area contributed by atoms with Crippen molar-refractivity contribution in [2.45, 2.75) is 6.92 Å². The van der Waals surface area contributed by atoms with E-state index in [1.165, 1.54) is 25.1 Å². The molecule has 2 aromatic rings. The Kier molecular flexibility index (Phi) is 5.96. The third kappa shape index (κ3) is 4.39. The number of nitriles is 1. The Morgan fingerprint density at radius 3 is 2.58 bits per heavy atom. The second-order valence-electron chi connectivity index (χ2n) is 5.29. The molecule has 26 heavy (non-hydrogen) atoms. The summed E-state index contributed by atoms with van der Waals surface area (Å²) in [5.74, 6) is -0.571. The first-order chi connectivity index (χ1) is 12.5. The van der Waals surface area contributed by atoms with E-state index in [9.17, 15) is 14.9 Å². The van der Waals surface area contributed by atoms with Gasteiger partial charge in [0.1, 0.15) is 17.4 Å². The van der Waals surface area contributed by atoms with Crippen molar-refractivity contribution in [3.8, 4) is 11.8 Å². The van der Waals surface area contributed by atoms with Gasteiger partial charge in [0.15, 0.2) is 0 Å². The number of nitrogens with one attached hydrogen (secondary N) is 1. The number of benzene rings is 2. The van der Waals surface area contributed by atoms with Crippen molar-refractivity contribution in [2.24, 2.45) is 0 Å². The van der Waals surface area contributed by atoms with Crippen LogP contribution < -0.4 is 20.7 Å². The summed E-state index contributed by atoms with van der Waals surface area (Å²) in [6.45, 7) is 1.33. The smallest absolute Gasteiger partial charge is 0.267 e. The molecule has 0 unspecified atom stereocenters. The first-order valence-electron chi connectivity index (χ1n) is 7.68. The van der Waals surface area contributed by atoms with E-state index in [0.717, 1.165) is 0 Å². The number of carbonyl (C=O) groups is 2. The van der Waals surface area contributed by atoms with Crippen molar-refractivity contribution < 1.29 is 14.3 Å². The van der Waals surface area contributed by atoms with E-state index in [1.807, 2.05) is 6.07 Å². The monoisotopic (exact) mass is 350 g/mol. The molecule has 2 amide bonds. The van der Waals surface area contributed by atoms with Crippen LogP contribution in [0.4, 0.5) is 17.1 Å². The molecule has 0 heterocycles. The van der Waals surface area contributed by atoms with Gasteiger partial charge in [-0.1, -0.05) is 18.2 Å². The Hall–Kier alpha value is -3.79. The second kappa shape index (κ2) is 8.35. The van der Waals surface area contributed by atoms with Gasteiger partial charge < -0.3 is 15.8 Å². The number of hydrogen-bond donors (Lipinski definition) is 2. The number of carbonyl (C=O) groups excluding carboxylic acids is 2. The molecule has 0 aliphatic carbocycles. The summed E-state index contributed by atoms with van der Waals surface area (Å²) in [7, 11) is 1.48. The van der Waals surface area contributed by atoms with Crippen LogP contribution in [0.15, 0.2) is 60.3 Å². The van der Waals surface area contributed by atoms with Gasteiger partial charge in [-0.25, -0.2) is 0 Å². The van der Waals surface area contributed by atoms with Crippen molar-refractivity contribution >= 4 is 28.9 Å². The highest BCUT2D eigenvalue weighted by Gasteiger charge is 2.16. The molecular formula is C19H18N4O3. The first-order valence-corrected chi connectivity index (χ1v) is 7.68. The summed E-state index contributed by atoms with van der Waals surface area (Å²) in [6, 6.07) is 15.2. The highest BCUT2D eigenvalue weighted by atomic mass is 16.5. The molecule has 0 aromatic heterocycles. The summed E-state index contributed by atoms with van der Waals surface area (Å²) < 4.78 is 5.17. The summed E-state index contributed by atoms with van der Waals surface area (Å²) in [4.78, 5) is 25.6. The van der Waals surface area contributed by atoms with Crippen LogP contribution in [-0.2, 0) is 9.59 Å². The fraction of sp³-hybridized carbons (Fsp3) is 0.105. The molecule has 0 saturated carbocycles. The zero-order valence-corrected chi connectivity index (χ0v) is 14.4. The number of para-hydroxylation sites is 2. The van der Waals surface area contributed by atoms with Gasteiger partial charge in [0.25, 0.3) is 5.91 Å². The van der Waals surface area contributed by atoms with E-state index in [2.05, 4.69) is 5.32 Å². The van der Waals surface area contributed by atoms with Crippen molar-refractivity contribution in [1.82, 2.24) is 0 Å². The predicted molar refractivity (Wildman–Crippen MR) is 99.3 cm³/mol. The molecule has 0 aliphatic rings. The van der Waals surface area contributed by atoms with Crippen LogP contribution in [0.2, 0.25) is 0 Å². The molecular weight excluding hydrogens is 332 g/mol. The topological polar surface area (TPSA) is 108 Å². The van der Waals surface area contributed by atoms with Crippen LogP contribution in [-0.4, -0.2) is 18.9 Å². The maximum atomic E-state index is 12.4. The molecule has 2 rings (SSSR count). The third-order valence-electron chi connectivity index (χ3n) is 3.47. The number of nitrogens with two attached hydrogens (primary N) is 1. The summed E-state index contributed by atoms with van der Waals surface area (Å²) >= 11 is 0. The van der Waals surface area contributed by atoms with Gasteiger partial charge in [-0.3, -0.25) is 14.5 Å². The lowest BCUT2D eigenvalue weighted by atomic mass is 10.2. The van der Waals surface area contributed by atoms with Crippen molar-refractivity contribution in [3.05, 3.63) is 60.3 Å². The molecule has 0 saturated heterocycles. The molecule has 0 fully saturated rings. The van der Waals surface area contributed by atoms with E-state index in [4.69, 9.17) is 10.5 Å². The van der Waals surface area contributed by atoms with Crippen molar-refractivity contribution in [2.75, 3.05) is 23.1 Å². The van der Waals surface area contributed by atoms with Crippen LogP contribution >= 0.6 is 0 Å². The van der Waals surface area contributed by atoms with Gasteiger partial charge >= 0.3 is 0 Å². The Morgan fingerprint density at radius 2 is 1.96 bits per heavy atom. The zero-order valence-electron chi connectivity index (χ0n) is 14.4. The van der Waals surface area contributed by atoms with E-state index in [-0.39, 0.29) is 11.5 Å². The Morgan fingerprint density at radius 1 is 1.23 bits per heavy atom. The third-order valence-corrected chi connectivity index (χ3v) is 3.47. The number of nitrogen functional groups attached to an aromatic ring is 1.